The zero-order valence-corrected chi connectivity index (χ0v) is 6.11. The summed E-state index contributed by atoms with van der Waals surface area (Å²) in [5, 5.41) is 8.35. The molecule has 1 aromatic heterocycles. The fraction of sp³-hybridized carbons (Fsp3) is 0.333. The van der Waals surface area contributed by atoms with Gasteiger partial charge in [0.15, 0.2) is 0 Å². The Bertz CT molecular complexity index is 256. The number of aryl methyl sites for hydroxylation is 1. The lowest BCUT2D eigenvalue weighted by Gasteiger charge is -2.03. The smallest absolute Gasteiger partial charge is 0.424 e. The first-order valence-corrected chi connectivity index (χ1v) is 3.26. The van der Waals surface area contributed by atoms with Crippen LogP contribution in [0.2, 0.25) is 0 Å². The molecule has 0 aliphatic carbocycles. The molecule has 0 atom stereocenters. The normalized spacial score (nSPS) is 9.55. The summed E-state index contributed by atoms with van der Waals surface area (Å²) in [4.78, 5) is 14.1. The maximum atomic E-state index is 10.2. The summed E-state index contributed by atoms with van der Waals surface area (Å²) in [6.45, 7) is 1.91. The fourth-order valence-electron chi connectivity index (χ4n) is 0.801. The minimum absolute atomic E-state index is 0.701. The van der Waals surface area contributed by atoms with Gasteiger partial charge in [0.1, 0.15) is 5.82 Å². The number of hydrogen-bond donors (Lipinski definition) is 2. The van der Waals surface area contributed by atoms with Crippen LogP contribution >= 0.6 is 0 Å². The number of hydrogen-bond acceptors (Lipinski definition) is 2. The van der Waals surface area contributed by atoms with Crippen molar-refractivity contribution in [3.8, 4) is 0 Å². The second-order valence-electron chi connectivity index (χ2n) is 1.98. The topological polar surface area (TPSA) is 67.2 Å². The molecule has 0 unspecified atom stereocenters. The molecule has 5 heteroatoms. The summed E-state index contributed by atoms with van der Waals surface area (Å²) < 4.78 is 1.38. The number of carboxylic acid groups (broad SMARTS) is 1. The predicted molar refractivity (Wildman–Crippen MR) is 39.0 cm³/mol. The van der Waals surface area contributed by atoms with E-state index >= 15 is 0 Å². The van der Waals surface area contributed by atoms with Crippen LogP contribution in [0.4, 0.5) is 4.79 Å². The lowest BCUT2D eigenvalue weighted by molar-refractivity contribution is 0.206. The third kappa shape index (κ3) is 1.70. The monoisotopic (exact) mass is 155 g/mol. The van der Waals surface area contributed by atoms with Crippen molar-refractivity contribution in [2.45, 2.75) is 13.3 Å². The number of aromatic nitrogens is 2. The zero-order valence-electron chi connectivity index (χ0n) is 6.11. The fourth-order valence-corrected chi connectivity index (χ4v) is 0.801. The van der Waals surface area contributed by atoms with E-state index in [0.29, 0.717) is 12.2 Å². The Morgan fingerprint density at radius 1 is 1.91 bits per heavy atom. The van der Waals surface area contributed by atoms with Crippen LogP contribution in [0.1, 0.15) is 12.7 Å². The van der Waals surface area contributed by atoms with Crippen LogP contribution in [0, 0.1) is 0 Å². The minimum Gasteiger partial charge on any atom is -0.464 e. The van der Waals surface area contributed by atoms with E-state index in [2.05, 4.69) is 10.4 Å². The second kappa shape index (κ2) is 3.05. The molecule has 0 fully saturated rings. The third-order valence-corrected chi connectivity index (χ3v) is 1.25. The third-order valence-electron chi connectivity index (χ3n) is 1.25. The average molecular weight is 155 g/mol. The molecule has 0 bridgehead atoms. The predicted octanol–water partition coefficient (Wildman–Crippen LogP) is 0.667. The van der Waals surface area contributed by atoms with Gasteiger partial charge in [-0.2, -0.15) is 0 Å². The summed E-state index contributed by atoms with van der Waals surface area (Å²) in [5.74, 6) is 0.701. The van der Waals surface area contributed by atoms with Crippen LogP contribution in [0.25, 0.3) is 0 Å². The van der Waals surface area contributed by atoms with E-state index in [-0.39, 0.29) is 0 Å². The number of rotatable bonds is 2. The Morgan fingerprint density at radius 3 is 3.18 bits per heavy atom. The number of carbonyl (C=O) groups is 1. The standard InChI is InChI=1S/C6H9N3O2/c1-2-5-7-3-4-9(5)8-6(10)11/h3-4,8H,2H2,1H3,(H,10,11). The van der Waals surface area contributed by atoms with Gasteiger partial charge < -0.3 is 5.11 Å². The highest BCUT2D eigenvalue weighted by Crippen LogP contribution is 1.94. The summed E-state index contributed by atoms with van der Waals surface area (Å²) >= 11 is 0. The molecule has 0 saturated carbocycles. The molecule has 60 valence electrons. The molecule has 1 rings (SSSR count). The van der Waals surface area contributed by atoms with Crippen molar-refractivity contribution in [3.63, 3.8) is 0 Å². The van der Waals surface area contributed by atoms with E-state index in [9.17, 15) is 4.79 Å². The zero-order chi connectivity index (χ0) is 8.27. The molecule has 0 aromatic carbocycles. The molecule has 2 N–H and O–H groups in total. The van der Waals surface area contributed by atoms with Gasteiger partial charge in [-0.1, -0.05) is 6.92 Å². The van der Waals surface area contributed by atoms with E-state index in [1.165, 1.54) is 4.68 Å². The van der Waals surface area contributed by atoms with Crippen molar-refractivity contribution in [2.24, 2.45) is 0 Å². The Balaban J connectivity index is 2.76. The molecular weight excluding hydrogens is 146 g/mol. The molecule has 0 aliphatic heterocycles. The minimum atomic E-state index is -1.09. The van der Waals surface area contributed by atoms with Crippen molar-refractivity contribution in [1.29, 1.82) is 0 Å². The highest BCUT2D eigenvalue weighted by molar-refractivity contribution is 5.73. The van der Waals surface area contributed by atoms with Crippen molar-refractivity contribution < 1.29 is 9.90 Å². The van der Waals surface area contributed by atoms with Crippen LogP contribution in [-0.2, 0) is 6.42 Å². The summed E-state index contributed by atoms with van der Waals surface area (Å²) in [7, 11) is 0. The van der Waals surface area contributed by atoms with E-state index in [0.717, 1.165) is 0 Å². The van der Waals surface area contributed by atoms with Gasteiger partial charge in [-0.3, -0.25) is 0 Å². The molecular formula is C6H9N3O2. The average Bonchev–Trinajstić information content (AvgIpc) is 2.34. The van der Waals surface area contributed by atoms with E-state index in [4.69, 9.17) is 5.11 Å². The van der Waals surface area contributed by atoms with Gasteiger partial charge in [-0.25, -0.2) is 19.9 Å². The summed E-state index contributed by atoms with van der Waals surface area (Å²) in [6.07, 6.45) is 2.73. The molecule has 0 aliphatic rings. The van der Waals surface area contributed by atoms with Gasteiger partial charge in [0.25, 0.3) is 0 Å². The number of amides is 1. The van der Waals surface area contributed by atoms with Crippen molar-refractivity contribution in [1.82, 2.24) is 9.66 Å². The molecule has 5 nitrogen and oxygen atoms in total. The maximum Gasteiger partial charge on any atom is 0.424 e. The van der Waals surface area contributed by atoms with Crippen LogP contribution < -0.4 is 5.43 Å². The first-order valence-electron chi connectivity index (χ1n) is 3.26. The second-order valence-corrected chi connectivity index (χ2v) is 1.98. The van der Waals surface area contributed by atoms with Crippen LogP contribution in [-0.4, -0.2) is 20.9 Å². The highest BCUT2D eigenvalue weighted by Gasteiger charge is 2.00. The number of nitrogens with zero attached hydrogens (tertiary/aromatic N) is 2. The molecule has 0 radical (unpaired) electrons. The SMILES string of the molecule is CCc1nccn1NC(=O)O. The number of nitrogens with one attached hydrogen (secondary N) is 1. The van der Waals surface area contributed by atoms with E-state index < -0.39 is 6.09 Å². The van der Waals surface area contributed by atoms with Crippen LogP contribution in [0.5, 0.6) is 0 Å². The molecule has 0 spiro atoms. The molecule has 1 heterocycles. The van der Waals surface area contributed by atoms with Crippen molar-refractivity contribution >= 4 is 6.09 Å². The lowest BCUT2D eigenvalue weighted by Crippen LogP contribution is -2.21. The summed E-state index contributed by atoms with van der Waals surface area (Å²) in [6, 6.07) is 0. The van der Waals surface area contributed by atoms with Crippen LogP contribution in [0.15, 0.2) is 12.4 Å². The Morgan fingerprint density at radius 2 is 2.64 bits per heavy atom. The van der Waals surface area contributed by atoms with Gasteiger partial charge in [0.2, 0.25) is 0 Å². The lowest BCUT2D eigenvalue weighted by atomic mass is 10.5. The number of imidazole rings is 1. The first-order chi connectivity index (χ1) is 5.24. The van der Waals surface area contributed by atoms with Gasteiger partial charge >= 0.3 is 6.09 Å². The van der Waals surface area contributed by atoms with Gasteiger partial charge in [-0.15, -0.1) is 0 Å². The Labute approximate surface area is 63.6 Å². The molecule has 0 saturated heterocycles. The molecule has 1 amide bonds. The quantitative estimate of drug-likeness (QED) is 0.659. The van der Waals surface area contributed by atoms with Gasteiger partial charge in [0, 0.05) is 18.8 Å². The molecule has 11 heavy (non-hydrogen) atoms. The van der Waals surface area contributed by atoms with Crippen LogP contribution in [0.3, 0.4) is 0 Å². The highest BCUT2D eigenvalue weighted by atomic mass is 16.4. The largest absolute Gasteiger partial charge is 0.464 e. The van der Waals surface area contributed by atoms with Crippen molar-refractivity contribution in [2.75, 3.05) is 5.43 Å². The Hall–Kier alpha value is -1.52. The summed E-state index contributed by atoms with van der Waals surface area (Å²) in [5.41, 5.74) is 2.18. The van der Waals surface area contributed by atoms with Crippen molar-refractivity contribution in [3.05, 3.63) is 18.2 Å². The van der Waals surface area contributed by atoms with E-state index in [1.54, 1.807) is 12.4 Å². The maximum absolute atomic E-state index is 10.2. The van der Waals surface area contributed by atoms with E-state index in [1.807, 2.05) is 6.92 Å². The van der Waals surface area contributed by atoms with Gasteiger partial charge in [0.05, 0.1) is 0 Å². The Kier molecular flexibility index (Phi) is 2.10. The molecule has 1 aromatic rings. The van der Waals surface area contributed by atoms with Gasteiger partial charge in [-0.05, 0) is 0 Å². The first kappa shape index (κ1) is 7.59.